The van der Waals surface area contributed by atoms with Crippen molar-refractivity contribution in [2.75, 3.05) is 5.32 Å². The standard InChI is InChI=1S/C17H14N4O2/c18-16(22)12-5-4-6-13(9-12)20-17(23)15-10-19-11-21(15)14-7-2-1-3-8-14/h1-11H,(H2,18,22)(H,20,23). The Kier molecular flexibility index (Phi) is 3.88. The quantitative estimate of drug-likeness (QED) is 0.774. The summed E-state index contributed by atoms with van der Waals surface area (Å²) in [6, 6.07) is 15.9. The second-order valence-corrected chi connectivity index (χ2v) is 4.88. The molecule has 0 unspecified atom stereocenters. The molecule has 0 atom stereocenters. The third kappa shape index (κ3) is 3.11. The van der Waals surface area contributed by atoms with Gasteiger partial charge in [-0.2, -0.15) is 0 Å². The maximum absolute atomic E-state index is 12.5. The Morgan fingerprint density at radius 3 is 2.57 bits per heavy atom. The van der Waals surface area contributed by atoms with Gasteiger partial charge in [0.25, 0.3) is 5.91 Å². The van der Waals surface area contributed by atoms with Crippen LogP contribution in [0.5, 0.6) is 0 Å². The summed E-state index contributed by atoms with van der Waals surface area (Å²) in [6.07, 6.45) is 3.06. The van der Waals surface area contributed by atoms with E-state index in [2.05, 4.69) is 10.3 Å². The van der Waals surface area contributed by atoms with Crippen LogP contribution in [0, 0.1) is 0 Å². The molecule has 0 aliphatic carbocycles. The lowest BCUT2D eigenvalue weighted by molar-refractivity contribution is 0.0995. The third-order valence-electron chi connectivity index (χ3n) is 3.31. The van der Waals surface area contributed by atoms with Crippen LogP contribution in [0.2, 0.25) is 0 Å². The zero-order chi connectivity index (χ0) is 16.2. The van der Waals surface area contributed by atoms with Crippen molar-refractivity contribution in [1.29, 1.82) is 0 Å². The Balaban J connectivity index is 1.87. The fraction of sp³-hybridized carbons (Fsp3) is 0. The summed E-state index contributed by atoms with van der Waals surface area (Å²) in [5.41, 5.74) is 7.29. The van der Waals surface area contributed by atoms with Crippen molar-refractivity contribution in [3.8, 4) is 5.69 Å². The number of rotatable bonds is 4. The van der Waals surface area contributed by atoms with Gasteiger partial charge in [-0.15, -0.1) is 0 Å². The van der Waals surface area contributed by atoms with Crippen molar-refractivity contribution in [2.45, 2.75) is 0 Å². The van der Waals surface area contributed by atoms with Crippen LogP contribution in [0.25, 0.3) is 5.69 Å². The summed E-state index contributed by atoms with van der Waals surface area (Å²) in [5, 5.41) is 2.74. The molecule has 114 valence electrons. The molecule has 3 rings (SSSR count). The van der Waals surface area contributed by atoms with Gasteiger partial charge in [0.05, 0.1) is 12.5 Å². The molecule has 3 N–H and O–H groups in total. The number of hydrogen-bond acceptors (Lipinski definition) is 3. The highest BCUT2D eigenvalue weighted by Crippen LogP contribution is 2.15. The Hall–Kier alpha value is -3.41. The normalized spacial score (nSPS) is 10.3. The zero-order valence-electron chi connectivity index (χ0n) is 12.1. The molecule has 2 aromatic carbocycles. The van der Waals surface area contributed by atoms with Gasteiger partial charge in [0, 0.05) is 16.9 Å². The van der Waals surface area contributed by atoms with Crippen molar-refractivity contribution in [2.24, 2.45) is 5.73 Å². The van der Waals surface area contributed by atoms with Gasteiger partial charge in [-0.1, -0.05) is 24.3 Å². The molecular formula is C17H14N4O2. The minimum absolute atomic E-state index is 0.326. The lowest BCUT2D eigenvalue weighted by Crippen LogP contribution is -2.17. The first-order valence-corrected chi connectivity index (χ1v) is 6.94. The summed E-state index contributed by atoms with van der Waals surface area (Å²) >= 11 is 0. The minimum Gasteiger partial charge on any atom is -0.366 e. The van der Waals surface area contributed by atoms with E-state index in [9.17, 15) is 9.59 Å². The number of hydrogen-bond donors (Lipinski definition) is 2. The molecule has 6 heteroatoms. The van der Waals surface area contributed by atoms with Gasteiger partial charge in [0.15, 0.2) is 0 Å². The first-order valence-electron chi connectivity index (χ1n) is 6.94. The van der Waals surface area contributed by atoms with Gasteiger partial charge >= 0.3 is 0 Å². The number of aromatic nitrogens is 2. The molecular weight excluding hydrogens is 292 g/mol. The van der Waals surface area contributed by atoms with Gasteiger partial charge < -0.3 is 11.1 Å². The molecule has 0 aliphatic rings. The Morgan fingerprint density at radius 2 is 1.83 bits per heavy atom. The average Bonchev–Trinajstić information content (AvgIpc) is 3.05. The highest BCUT2D eigenvalue weighted by Gasteiger charge is 2.13. The third-order valence-corrected chi connectivity index (χ3v) is 3.31. The van der Waals surface area contributed by atoms with E-state index in [4.69, 9.17) is 5.73 Å². The first-order chi connectivity index (χ1) is 11.1. The van der Waals surface area contributed by atoms with Crippen LogP contribution in [-0.2, 0) is 0 Å². The minimum atomic E-state index is -0.546. The molecule has 3 aromatic rings. The maximum atomic E-state index is 12.5. The molecule has 2 amide bonds. The van der Waals surface area contributed by atoms with Crippen LogP contribution in [0.3, 0.4) is 0 Å². The first kappa shape index (κ1) is 14.5. The number of benzene rings is 2. The average molecular weight is 306 g/mol. The number of para-hydroxylation sites is 1. The fourth-order valence-corrected chi connectivity index (χ4v) is 2.20. The fourth-order valence-electron chi connectivity index (χ4n) is 2.20. The van der Waals surface area contributed by atoms with Crippen LogP contribution in [-0.4, -0.2) is 21.4 Å². The molecule has 0 fully saturated rings. The molecule has 0 saturated heterocycles. The summed E-state index contributed by atoms with van der Waals surface area (Å²) in [5.74, 6) is -0.872. The highest BCUT2D eigenvalue weighted by atomic mass is 16.2. The van der Waals surface area contributed by atoms with E-state index in [1.807, 2.05) is 30.3 Å². The highest BCUT2D eigenvalue weighted by molar-refractivity contribution is 6.04. The number of carbonyl (C=O) groups excluding carboxylic acids is 2. The Labute approximate surface area is 132 Å². The number of imidazole rings is 1. The molecule has 0 saturated carbocycles. The smallest absolute Gasteiger partial charge is 0.274 e. The molecule has 0 aliphatic heterocycles. The molecule has 1 heterocycles. The summed E-state index contributed by atoms with van der Waals surface area (Å²) in [4.78, 5) is 27.7. The van der Waals surface area contributed by atoms with Gasteiger partial charge in [0.1, 0.15) is 5.69 Å². The largest absolute Gasteiger partial charge is 0.366 e. The van der Waals surface area contributed by atoms with E-state index in [-0.39, 0.29) is 5.91 Å². The van der Waals surface area contributed by atoms with Crippen LogP contribution in [0.1, 0.15) is 20.8 Å². The van der Waals surface area contributed by atoms with Gasteiger partial charge in [-0.25, -0.2) is 4.98 Å². The van der Waals surface area contributed by atoms with Gasteiger partial charge in [0.2, 0.25) is 5.91 Å². The molecule has 23 heavy (non-hydrogen) atoms. The van der Waals surface area contributed by atoms with Crippen molar-refractivity contribution in [1.82, 2.24) is 9.55 Å². The summed E-state index contributed by atoms with van der Waals surface area (Å²) in [6.45, 7) is 0. The second-order valence-electron chi connectivity index (χ2n) is 4.88. The van der Waals surface area contributed by atoms with Crippen LogP contribution in [0.4, 0.5) is 5.69 Å². The van der Waals surface area contributed by atoms with Crippen molar-refractivity contribution in [3.05, 3.63) is 78.4 Å². The van der Waals surface area contributed by atoms with Crippen molar-refractivity contribution < 1.29 is 9.59 Å². The van der Waals surface area contributed by atoms with E-state index in [0.717, 1.165) is 5.69 Å². The zero-order valence-corrected chi connectivity index (χ0v) is 12.1. The molecule has 6 nitrogen and oxygen atoms in total. The van der Waals surface area contributed by atoms with Crippen molar-refractivity contribution >= 4 is 17.5 Å². The number of anilines is 1. The molecule has 0 spiro atoms. The second kappa shape index (κ2) is 6.15. The molecule has 0 bridgehead atoms. The van der Waals surface area contributed by atoms with Crippen LogP contribution >= 0.6 is 0 Å². The van der Waals surface area contributed by atoms with E-state index >= 15 is 0 Å². The van der Waals surface area contributed by atoms with E-state index < -0.39 is 5.91 Å². The number of nitrogens with one attached hydrogen (secondary N) is 1. The van der Waals surface area contributed by atoms with E-state index in [0.29, 0.717) is 16.9 Å². The number of nitrogens with two attached hydrogens (primary N) is 1. The molecule has 0 radical (unpaired) electrons. The predicted molar refractivity (Wildman–Crippen MR) is 86.5 cm³/mol. The Morgan fingerprint density at radius 1 is 1.04 bits per heavy atom. The maximum Gasteiger partial charge on any atom is 0.274 e. The topological polar surface area (TPSA) is 90.0 Å². The number of amides is 2. The van der Waals surface area contributed by atoms with Crippen LogP contribution < -0.4 is 11.1 Å². The van der Waals surface area contributed by atoms with Crippen LogP contribution in [0.15, 0.2) is 67.1 Å². The lowest BCUT2D eigenvalue weighted by Gasteiger charge is -2.09. The van der Waals surface area contributed by atoms with Gasteiger partial charge in [-0.3, -0.25) is 14.2 Å². The number of primary amides is 1. The predicted octanol–water partition coefficient (Wildman–Crippen LogP) is 2.22. The van der Waals surface area contributed by atoms with Gasteiger partial charge in [-0.05, 0) is 30.3 Å². The Bertz CT molecular complexity index is 856. The number of nitrogens with zero attached hydrogens (tertiary/aromatic N) is 2. The van der Waals surface area contributed by atoms with E-state index in [1.54, 1.807) is 29.1 Å². The van der Waals surface area contributed by atoms with E-state index in [1.165, 1.54) is 12.3 Å². The summed E-state index contributed by atoms with van der Waals surface area (Å²) in [7, 11) is 0. The SMILES string of the molecule is NC(=O)c1cccc(NC(=O)c2cncn2-c2ccccc2)c1. The monoisotopic (exact) mass is 306 g/mol. The summed E-state index contributed by atoms with van der Waals surface area (Å²) < 4.78 is 1.69. The number of carbonyl (C=O) groups is 2. The lowest BCUT2D eigenvalue weighted by atomic mass is 10.2. The van der Waals surface area contributed by atoms with Crippen molar-refractivity contribution in [3.63, 3.8) is 0 Å². The molecule has 1 aromatic heterocycles.